The van der Waals surface area contributed by atoms with E-state index in [9.17, 15) is 24.3 Å². The van der Waals surface area contributed by atoms with Crippen LogP contribution < -0.4 is 27.2 Å². The van der Waals surface area contributed by atoms with Crippen LogP contribution >= 0.6 is 0 Å². The van der Waals surface area contributed by atoms with E-state index in [-0.39, 0.29) is 12.5 Å². The summed E-state index contributed by atoms with van der Waals surface area (Å²) in [5.41, 5.74) is 8.49. The third-order valence-electron chi connectivity index (χ3n) is 3.17. The first kappa shape index (κ1) is 17.9. The summed E-state index contributed by atoms with van der Waals surface area (Å²) in [7, 11) is 0. The molecule has 0 saturated carbocycles. The van der Waals surface area contributed by atoms with Crippen LogP contribution in [0, 0.1) is 5.92 Å². The minimum atomic E-state index is -1.42. The number of quaternary nitrogens is 1. The first-order chi connectivity index (χ1) is 10.2. The zero-order chi connectivity index (χ0) is 17.0. The lowest BCUT2D eigenvalue weighted by Gasteiger charge is -2.25. The highest BCUT2D eigenvalue weighted by atomic mass is 16.6. The fourth-order valence-corrected chi connectivity index (χ4v) is 1.80. The largest absolute Gasteiger partial charge is 0.548 e. The Balaban J connectivity index is 2.60. The second-order valence-corrected chi connectivity index (χ2v) is 5.28. The summed E-state index contributed by atoms with van der Waals surface area (Å²) in [6, 6.07) is -2.24. The fourth-order valence-electron chi connectivity index (χ4n) is 1.80. The highest BCUT2D eigenvalue weighted by Gasteiger charge is 2.50. The molecule has 0 aromatic heterocycles. The predicted octanol–water partition coefficient (Wildman–Crippen LogP) is -5.14. The maximum absolute atomic E-state index is 12.0. The van der Waals surface area contributed by atoms with Gasteiger partial charge < -0.3 is 36.7 Å². The number of hydrogen-bond donors (Lipinski definition) is 4. The quantitative estimate of drug-likeness (QED) is 0.325. The molecule has 0 aromatic rings. The third kappa shape index (κ3) is 4.40. The summed E-state index contributed by atoms with van der Waals surface area (Å²) < 4.78 is 4.78. The monoisotopic (exact) mass is 316 g/mol. The van der Waals surface area contributed by atoms with Gasteiger partial charge in [0.1, 0.15) is 6.54 Å². The van der Waals surface area contributed by atoms with Crippen LogP contribution in [0.5, 0.6) is 0 Å². The van der Waals surface area contributed by atoms with Gasteiger partial charge in [0, 0.05) is 0 Å². The standard InChI is InChI=1S/C12H20N4O6/c1-4(2)6(12(20)21)16-10(18)5(3-13)15-11(19)8-7(22-8)9(14)17/h4-8H,3,13H2,1-2H3,(H2,14,17)(H,15,19)(H,16,18)(H,20,21)/t5-,6-,7+,8+/m0/s1. The number of rotatable bonds is 8. The number of aliphatic carboxylic acids is 1. The van der Waals surface area contributed by atoms with E-state index in [1.54, 1.807) is 13.8 Å². The van der Waals surface area contributed by atoms with Crippen molar-refractivity contribution < 1.29 is 34.8 Å². The molecule has 10 nitrogen and oxygen atoms in total. The maximum atomic E-state index is 12.0. The highest BCUT2D eigenvalue weighted by molar-refractivity contribution is 5.97. The number of ether oxygens (including phenoxy) is 1. The van der Waals surface area contributed by atoms with Crippen LogP contribution in [0.2, 0.25) is 0 Å². The zero-order valence-corrected chi connectivity index (χ0v) is 12.3. The number of nitrogens with two attached hydrogens (primary N) is 1. The normalized spacial score (nSPS) is 22.5. The SMILES string of the molecule is CC(C)[C@H](NC(=O)[C@H](C[NH3+])NC(=O)[C@@H]1O[C@H]1C(N)=O)C(=O)[O-]. The van der Waals surface area contributed by atoms with Gasteiger partial charge in [0.15, 0.2) is 18.2 Å². The molecule has 1 aliphatic heterocycles. The number of nitrogens with one attached hydrogen (secondary N) is 2. The molecule has 1 fully saturated rings. The van der Waals surface area contributed by atoms with Gasteiger partial charge in [-0.15, -0.1) is 0 Å². The Morgan fingerprint density at radius 1 is 1.23 bits per heavy atom. The maximum Gasteiger partial charge on any atom is 0.253 e. The number of carboxylic acid groups (broad SMARTS) is 1. The second-order valence-electron chi connectivity index (χ2n) is 5.28. The van der Waals surface area contributed by atoms with Crippen LogP contribution in [-0.2, 0) is 23.9 Å². The van der Waals surface area contributed by atoms with Gasteiger partial charge >= 0.3 is 0 Å². The number of carbonyl (C=O) groups is 4. The molecule has 0 unspecified atom stereocenters. The van der Waals surface area contributed by atoms with Crippen molar-refractivity contribution >= 4 is 23.7 Å². The van der Waals surface area contributed by atoms with Gasteiger partial charge in [0.2, 0.25) is 11.8 Å². The minimum Gasteiger partial charge on any atom is -0.548 e. The molecule has 1 aliphatic rings. The highest BCUT2D eigenvalue weighted by Crippen LogP contribution is 2.21. The van der Waals surface area contributed by atoms with Crippen molar-refractivity contribution in [2.45, 2.75) is 38.1 Å². The van der Waals surface area contributed by atoms with Crippen molar-refractivity contribution in [1.29, 1.82) is 0 Å². The number of hydrogen-bond acceptors (Lipinski definition) is 6. The molecule has 7 N–H and O–H groups in total. The molecule has 0 bridgehead atoms. The Morgan fingerprint density at radius 2 is 1.82 bits per heavy atom. The molecule has 0 aliphatic carbocycles. The Labute approximate surface area is 126 Å². The van der Waals surface area contributed by atoms with E-state index in [0.29, 0.717) is 0 Å². The molecule has 0 spiro atoms. The van der Waals surface area contributed by atoms with E-state index in [2.05, 4.69) is 16.4 Å². The van der Waals surface area contributed by atoms with E-state index in [1.807, 2.05) is 0 Å². The Morgan fingerprint density at radius 3 is 2.18 bits per heavy atom. The Kier molecular flexibility index (Phi) is 5.83. The molecular formula is C12H20N4O6. The zero-order valence-electron chi connectivity index (χ0n) is 12.3. The van der Waals surface area contributed by atoms with Gasteiger partial charge in [-0.25, -0.2) is 0 Å². The van der Waals surface area contributed by atoms with Crippen molar-refractivity contribution in [1.82, 2.24) is 10.6 Å². The molecule has 1 rings (SSSR count). The number of carboxylic acids is 1. The van der Waals surface area contributed by atoms with E-state index >= 15 is 0 Å². The Bertz CT molecular complexity index is 480. The van der Waals surface area contributed by atoms with E-state index in [0.717, 1.165) is 0 Å². The summed E-state index contributed by atoms with van der Waals surface area (Å²) >= 11 is 0. The number of carbonyl (C=O) groups excluding carboxylic acids is 4. The molecule has 0 aromatic carbocycles. The third-order valence-corrected chi connectivity index (χ3v) is 3.17. The van der Waals surface area contributed by atoms with Crippen LogP contribution in [0.1, 0.15) is 13.8 Å². The molecular weight excluding hydrogens is 296 g/mol. The molecule has 4 atom stereocenters. The average Bonchev–Trinajstić information content (AvgIpc) is 3.21. The lowest BCUT2D eigenvalue weighted by Crippen LogP contribution is -2.66. The molecule has 124 valence electrons. The summed E-state index contributed by atoms with van der Waals surface area (Å²) in [4.78, 5) is 45.5. The lowest BCUT2D eigenvalue weighted by molar-refractivity contribution is -0.370. The predicted molar refractivity (Wildman–Crippen MR) is 69.3 cm³/mol. The van der Waals surface area contributed by atoms with Crippen molar-refractivity contribution in [2.24, 2.45) is 11.7 Å². The van der Waals surface area contributed by atoms with Crippen LogP contribution in [0.3, 0.4) is 0 Å². The van der Waals surface area contributed by atoms with Crippen molar-refractivity contribution in [3.63, 3.8) is 0 Å². The number of primary amides is 1. The van der Waals surface area contributed by atoms with Gasteiger partial charge in [-0.1, -0.05) is 13.8 Å². The Hall–Kier alpha value is -2.20. The first-order valence-electron chi connectivity index (χ1n) is 6.74. The molecule has 0 radical (unpaired) electrons. The molecule has 10 heteroatoms. The van der Waals surface area contributed by atoms with E-state index in [1.165, 1.54) is 0 Å². The van der Waals surface area contributed by atoms with Gasteiger partial charge in [-0.3, -0.25) is 14.4 Å². The molecule has 3 amide bonds. The van der Waals surface area contributed by atoms with Gasteiger partial charge in [0.05, 0.1) is 12.0 Å². The van der Waals surface area contributed by atoms with Crippen LogP contribution in [-0.4, -0.2) is 54.5 Å². The minimum absolute atomic E-state index is 0.0105. The molecule has 1 heterocycles. The summed E-state index contributed by atoms with van der Waals surface area (Å²) in [5, 5.41) is 15.6. The van der Waals surface area contributed by atoms with Gasteiger partial charge in [0.25, 0.3) is 5.91 Å². The first-order valence-corrected chi connectivity index (χ1v) is 6.74. The number of epoxide rings is 1. The average molecular weight is 316 g/mol. The van der Waals surface area contributed by atoms with Gasteiger partial charge in [-0.05, 0) is 5.92 Å². The van der Waals surface area contributed by atoms with Crippen molar-refractivity contribution in [3.05, 3.63) is 0 Å². The van der Waals surface area contributed by atoms with Crippen molar-refractivity contribution in [2.75, 3.05) is 6.54 Å². The second kappa shape index (κ2) is 7.18. The van der Waals surface area contributed by atoms with Crippen LogP contribution in [0.4, 0.5) is 0 Å². The van der Waals surface area contributed by atoms with Gasteiger partial charge in [-0.2, -0.15) is 0 Å². The smallest absolute Gasteiger partial charge is 0.253 e. The molecule has 22 heavy (non-hydrogen) atoms. The van der Waals surface area contributed by atoms with Crippen LogP contribution in [0.25, 0.3) is 0 Å². The molecule has 1 saturated heterocycles. The summed E-state index contributed by atoms with van der Waals surface area (Å²) in [5.74, 6) is -3.96. The number of amides is 3. The van der Waals surface area contributed by atoms with Crippen LogP contribution in [0.15, 0.2) is 0 Å². The van der Waals surface area contributed by atoms with Crippen molar-refractivity contribution in [3.8, 4) is 0 Å². The summed E-state index contributed by atoms with van der Waals surface area (Å²) in [6.07, 6.45) is -2.03. The lowest BCUT2D eigenvalue weighted by atomic mass is 10.0. The van der Waals surface area contributed by atoms with E-state index in [4.69, 9.17) is 10.5 Å². The fraction of sp³-hybridized carbons (Fsp3) is 0.667. The van der Waals surface area contributed by atoms with E-state index < -0.39 is 48.0 Å². The summed E-state index contributed by atoms with van der Waals surface area (Å²) in [6.45, 7) is 3.20. The topological polar surface area (TPSA) is 182 Å².